The van der Waals surface area contributed by atoms with Crippen LogP contribution in [0.2, 0.25) is 0 Å². The van der Waals surface area contributed by atoms with E-state index in [2.05, 4.69) is 11.4 Å². The third kappa shape index (κ3) is 5.62. The molecule has 0 amide bonds. The monoisotopic (exact) mass is 302 g/mol. The molecule has 0 aliphatic heterocycles. The molecule has 0 aliphatic carbocycles. The van der Waals surface area contributed by atoms with Gasteiger partial charge >= 0.3 is 6.18 Å². The molecule has 0 aliphatic rings. The van der Waals surface area contributed by atoms with Gasteiger partial charge in [-0.05, 0) is 44.9 Å². The first-order chi connectivity index (χ1) is 9.65. The van der Waals surface area contributed by atoms with E-state index in [1.54, 1.807) is 0 Å². The summed E-state index contributed by atoms with van der Waals surface area (Å²) in [5, 5.41) is 11.7. The molecule has 0 bridgehead atoms. The summed E-state index contributed by atoms with van der Waals surface area (Å²) < 4.78 is 50.7. The number of benzene rings is 1. The van der Waals surface area contributed by atoms with Crippen LogP contribution in [-0.4, -0.2) is 6.54 Å². The van der Waals surface area contributed by atoms with E-state index >= 15 is 0 Å². The fourth-order valence-electron chi connectivity index (χ4n) is 1.83. The Kier molecular flexibility index (Phi) is 5.59. The van der Waals surface area contributed by atoms with E-state index in [1.807, 2.05) is 13.8 Å². The highest BCUT2D eigenvalue weighted by atomic mass is 19.4. The summed E-state index contributed by atoms with van der Waals surface area (Å²) in [6, 6.07) is 5.06. The molecule has 0 saturated carbocycles. The predicted molar refractivity (Wildman–Crippen MR) is 73.1 cm³/mol. The highest BCUT2D eigenvalue weighted by Crippen LogP contribution is 2.33. The minimum absolute atomic E-state index is 0.239. The summed E-state index contributed by atoms with van der Waals surface area (Å²) in [6.07, 6.45) is -2.45. The Balaban J connectivity index is 2.49. The van der Waals surface area contributed by atoms with Crippen LogP contribution < -0.4 is 5.32 Å². The molecule has 1 rings (SSSR count). The maximum absolute atomic E-state index is 13.1. The second kappa shape index (κ2) is 6.79. The quantitative estimate of drug-likeness (QED) is 0.594. The lowest BCUT2D eigenvalue weighted by Crippen LogP contribution is -2.11. The molecule has 1 aromatic carbocycles. The Hall–Kier alpha value is -1.77. The van der Waals surface area contributed by atoms with Crippen molar-refractivity contribution in [3.05, 3.63) is 29.6 Å². The van der Waals surface area contributed by atoms with Gasteiger partial charge in [-0.3, -0.25) is 0 Å². The molecule has 0 saturated heterocycles. The van der Waals surface area contributed by atoms with E-state index in [9.17, 15) is 17.6 Å². The zero-order valence-corrected chi connectivity index (χ0v) is 12.0. The van der Waals surface area contributed by atoms with Crippen molar-refractivity contribution >= 4 is 5.69 Å². The predicted octanol–water partition coefficient (Wildman–Crippen LogP) is 4.98. The number of anilines is 1. The van der Waals surface area contributed by atoms with Crippen LogP contribution in [0, 0.1) is 22.6 Å². The van der Waals surface area contributed by atoms with Crippen molar-refractivity contribution in [1.29, 1.82) is 5.26 Å². The van der Waals surface area contributed by atoms with Crippen LogP contribution in [0.5, 0.6) is 0 Å². The molecule has 0 fully saturated rings. The van der Waals surface area contributed by atoms with Crippen molar-refractivity contribution in [3.8, 4) is 6.07 Å². The smallest absolute Gasteiger partial charge is 0.385 e. The SMILES string of the molecule is CC(C)(C#N)CCCCNc1ccc(F)c(C(F)(F)F)c1. The van der Waals surface area contributed by atoms with Crippen LogP contribution in [0.25, 0.3) is 0 Å². The van der Waals surface area contributed by atoms with Gasteiger partial charge < -0.3 is 5.32 Å². The Morgan fingerprint density at radius 2 is 1.86 bits per heavy atom. The van der Waals surface area contributed by atoms with Crippen molar-refractivity contribution < 1.29 is 17.6 Å². The summed E-state index contributed by atoms with van der Waals surface area (Å²) >= 11 is 0. The molecule has 1 N–H and O–H groups in total. The molecule has 0 unspecified atom stereocenters. The highest BCUT2D eigenvalue weighted by Gasteiger charge is 2.34. The number of alkyl halides is 3. The van der Waals surface area contributed by atoms with Crippen molar-refractivity contribution in [2.75, 3.05) is 11.9 Å². The summed E-state index contributed by atoms with van der Waals surface area (Å²) in [5.41, 5.74) is -1.42. The fraction of sp³-hybridized carbons (Fsp3) is 0.533. The molecule has 0 spiro atoms. The van der Waals surface area contributed by atoms with Gasteiger partial charge in [0.05, 0.1) is 17.0 Å². The van der Waals surface area contributed by atoms with E-state index < -0.39 is 17.6 Å². The minimum Gasteiger partial charge on any atom is -0.385 e. The standard InChI is InChI=1S/C15H18F4N2/c1-14(2,10-20)7-3-4-8-21-11-5-6-13(16)12(9-11)15(17,18)19/h5-6,9,21H,3-4,7-8H2,1-2H3. The number of hydrogen-bond acceptors (Lipinski definition) is 2. The second-order valence-corrected chi connectivity index (χ2v) is 5.57. The van der Waals surface area contributed by atoms with Gasteiger partial charge in [-0.25, -0.2) is 4.39 Å². The Labute approximate surface area is 121 Å². The van der Waals surface area contributed by atoms with E-state index in [1.165, 1.54) is 6.07 Å². The van der Waals surface area contributed by atoms with Gasteiger partial charge in [-0.2, -0.15) is 18.4 Å². The largest absolute Gasteiger partial charge is 0.419 e. The number of unbranched alkanes of at least 4 members (excludes halogenated alkanes) is 1. The number of rotatable bonds is 6. The average molecular weight is 302 g/mol. The lowest BCUT2D eigenvalue weighted by Gasteiger charge is -2.15. The Morgan fingerprint density at radius 3 is 2.43 bits per heavy atom. The molecular formula is C15H18F4N2. The molecular weight excluding hydrogens is 284 g/mol. The zero-order valence-electron chi connectivity index (χ0n) is 12.0. The topological polar surface area (TPSA) is 35.8 Å². The molecule has 116 valence electrons. The summed E-state index contributed by atoms with van der Waals surface area (Å²) in [6.45, 7) is 4.16. The number of nitriles is 1. The molecule has 2 nitrogen and oxygen atoms in total. The average Bonchev–Trinajstić information content (AvgIpc) is 2.39. The summed E-state index contributed by atoms with van der Waals surface area (Å²) in [7, 11) is 0. The van der Waals surface area contributed by atoms with Crippen molar-refractivity contribution in [2.45, 2.75) is 39.3 Å². The van der Waals surface area contributed by atoms with Gasteiger partial charge in [0.1, 0.15) is 5.82 Å². The number of hydrogen-bond donors (Lipinski definition) is 1. The van der Waals surface area contributed by atoms with Gasteiger partial charge in [0.15, 0.2) is 0 Å². The number of nitrogens with zero attached hydrogens (tertiary/aromatic N) is 1. The summed E-state index contributed by atoms with van der Waals surface area (Å²) in [4.78, 5) is 0. The van der Waals surface area contributed by atoms with Crippen molar-refractivity contribution in [3.63, 3.8) is 0 Å². The maximum Gasteiger partial charge on any atom is 0.419 e. The van der Waals surface area contributed by atoms with Gasteiger partial charge in [-0.1, -0.05) is 6.42 Å². The molecule has 0 atom stereocenters. The second-order valence-electron chi connectivity index (χ2n) is 5.57. The molecule has 0 aromatic heterocycles. The van der Waals surface area contributed by atoms with Crippen LogP contribution in [0.3, 0.4) is 0 Å². The van der Waals surface area contributed by atoms with Crippen LogP contribution in [0.1, 0.15) is 38.7 Å². The van der Waals surface area contributed by atoms with Crippen molar-refractivity contribution in [2.24, 2.45) is 5.41 Å². The Morgan fingerprint density at radius 1 is 1.19 bits per heavy atom. The lowest BCUT2D eigenvalue weighted by atomic mass is 9.89. The van der Waals surface area contributed by atoms with Gasteiger partial charge in [-0.15, -0.1) is 0 Å². The van der Waals surface area contributed by atoms with Crippen LogP contribution in [-0.2, 0) is 6.18 Å². The van der Waals surface area contributed by atoms with Gasteiger partial charge in [0.25, 0.3) is 0 Å². The van der Waals surface area contributed by atoms with E-state index in [4.69, 9.17) is 5.26 Å². The first-order valence-corrected chi connectivity index (χ1v) is 6.67. The van der Waals surface area contributed by atoms with E-state index in [0.717, 1.165) is 31.4 Å². The van der Waals surface area contributed by atoms with Crippen LogP contribution >= 0.6 is 0 Å². The zero-order chi connectivity index (χ0) is 16.1. The molecule has 6 heteroatoms. The third-order valence-electron chi connectivity index (χ3n) is 3.13. The van der Waals surface area contributed by atoms with E-state index in [-0.39, 0.29) is 11.1 Å². The summed E-state index contributed by atoms with van der Waals surface area (Å²) in [5.74, 6) is -1.27. The van der Waals surface area contributed by atoms with Crippen LogP contribution in [0.4, 0.5) is 23.2 Å². The van der Waals surface area contributed by atoms with Crippen LogP contribution in [0.15, 0.2) is 18.2 Å². The number of halogens is 4. The molecule has 21 heavy (non-hydrogen) atoms. The van der Waals surface area contributed by atoms with Crippen molar-refractivity contribution in [1.82, 2.24) is 0 Å². The minimum atomic E-state index is -4.70. The molecule has 0 radical (unpaired) electrons. The molecule has 0 heterocycles. The van der Waals surface area contributed by atoms with Gasteiger partial charge in [0, 0.05) is 12.2 Å². The third-order valence-corrected chi connectivity index (χ3v) is 3.13. The first-order valence-electron chi connectivity index (χ1n) is 6.67. The first kappa shape index (κ1) is 17.3. The normalized spacial score (nSPS) is 12.0. The lowest BCUT2D eigenvalue weighted by molar-refractivity contribution is -0.139. The maximum atomic E-state index is 13.1. The highest BCUT2D eigenvalue weighted by molar-refractivity contribution is 5.47. The molecule has 1 aromatic rings. The van der Waals surface area contributed by atoms with Gasteiger partial charge in [0.2, 0.25) is 0 Å². The Bertz CT molecular complexity index is 515. The fourth-order valence-corrected chi connectivity index (χ4v) is 1.83. The number of nitrogens with one attached hydrogen (secondary N) is 1. The van der Waals surface area contributed by atoms with E-state index in [0.29, 0.717) is 6.54 Å².